The van der Waals surface area contributed by atoms with Crippen LogP contribution in [0.25, 0.3) is 0 Å². The number of aromatic nitrogens is 3. The molecule has 20 heavy (non-hydrogen) atoms. The summed E-state index contributed by atoms with van der Waals surface area (Å²) in [7, 11) is 0. The van der Waals surface area contributed by atoms with Gasteiger partial charge in [0.25, 0.3) is 0 Å². The van der Waals surface area contributed by atoms with Crippen molar-refractivity contribution < 1.29 is 0 Å². The van der Waals surface area contributed by atoms with E-state index < -0.39 is 0 Å². The lowest BCUT2D eigenvalue weighted by Gasteiger charge is -2.24. The van der Waals surface area contributed by atoms with Crippen molar-refractivity contribution in [2.45, 2.75) is 40.0 Å². The Morgan fingerprint density at radius 3 is 2.10 bits per heavy atom. The maximum Gasteiger partial charge on any atom is 0.231 e. The fourth-order valence-electron chi connectivity index (χ4n) is 2.27. The minimum absolute atomic E-state index is 0.286. The van der Waals surface area contributed by atoms with Crippen molar-refractivity contribution in [3.63, 3.8) is 0 Å². The van der Waals surface area contributed by atoms with Crippen LogP contribution in [-0.4, -0.2) is 41.1 Å². The first kappa shape index (κ1) is 15.3. The van der Waals surface area contributed by atoms with E-state index in [1.165, 1.54) is 12.8 Å². The molecule has 0 radical (unpaired) electrons. The average molecular weight is 298 g/mol. The van der Waals surface area contributed by atoms with Crippen LogP contribution in [0, 0.1) is 5.92 Å². The summed E-state index contributed by atoms with van der Waals surface area (Å²) in [5.41, 5.74) is 0. The van der Waals surface area contributed by atoms with Gasteiger partial charge in [0.05, 0.1) is 0 Å². The number of halogens is 1. The Bertz CT molecular complexity index is 432. The van der Waals surface area contributed by atoms with Gasteiger partial charge in [-0.25, -0.2) is 0 Å². The third-order valence-corrected chi connectivity index (χ3v) is 3.75. The Balaban J connectivity index is 2.23. The molecule has 0 spiro atoms. The molecule has 1 saturated carbocycles. The van der Waals surface area contributed by atoms with Crippen molar-refractivity contribution >= 4 is 23.5 Å². The van der Waals surface area contributed by atoms with E-state index in [1.807, 2.05) is 0 Å². The van der Waals surface area contributed by atoms with Gasteiger partial charge in [-0.15, -0.1) is 0 Å². The molecule has 5 nitrogen and oxygen atoms in total. The van der Waals surface area contributed by atoms with Crippen LogP contribution in [0.2, 0.25) is 5.28 Å². The van der Waals surface area contributed by atoms with Crippen LogP contribution in [0.1, 0.15) is 40.0 Å². The molecule has 0 N–H and O–H groups in total. The predicted molar refractivity (Wildman–Crippen MR) is 83.6 cm³/mol. The number of nitrogens with zero attached hydrogens (tertiary/aromatic N) is 5. The average Bonchev–Trinajstić information content (AvgIpc) is 3.23. The summed E-state index contributed by atoms with van der Waals surface area (Å²) in [4.78, 5) is 17.5. The zero-order valence-corrected chi connectivity index (χ0v) is 13.4. The summed E-state index contributed by atoms with van der Waals surface area (Å²) in [6.45, 7) is 10.1. The fraction of sp³-hybridized carbons (Fsp3) is 0.786. The van der Waals surface area contributed by atoms with Gasteiger partial charge in [-0.3, -0.25) is 0 Å². The normalized spacial score (nSPS) is 14.4. The standard InChI is InChI=1S/C14H24ClN5/c1-4-9-20(10-11-7-8-11)14-17-12(15)16-13(18-14)19(5-2)6-3/h11H,4-10H2,1-3H3. The van der Waals surface area contributed by atoms with Crippen LogP contribution < -0.4 is 9.80 Å². The molecular formula is C14H24ClN5. The lowest BCUT2D eigenvalue weighted by Crippen LogP contribution is -2.30. The van der Waals surface area contributed by atoms with Gasteiger partial charge in [-0.2, -0.15) is 15.0 Å². The molecule has 0 unspecified atom stereocenters. The van der Waals surface area contributed by atoms with E-state index in [1.54, 1.807) is 0 Å². The third-order valence-electron chi connectivity index (χ3n) is 3.58. The molecule has 0 amide bonds. The number of rotatable bonds is 8. The Kier molecular flexibility index (Phi) is 5.40. The molecule has 0 aliphatic heterocycles. The minimum atomic E-state index is 0.286. The van der Waals surface area contributed by atoms with Gasteiger partial charge in [0.2, 0.25) is 17.2 Å². The molecule has 6 heteroatoms. The zero-order chi connectivity index (χ0) is 14.5. The van der Waals surface area contributed by atoms with Crippen LogP contribution in [-0.2, 0) is 0 Å². The first-order valence-electron chi connectivity index (χ1n) is 7.59. The molecule has 1 aliphatic carbocycles. The van der Waals surface area contributed by atoms with Crippen LogP contribution >= 0.6 is 11.6 Å². The second-order valence-corrected chi connectivity index (χ2v) is 5.60. The number of hydrogen-bond acceptors (Lipinski definition) is 5. The van der Waals surface area contributed by atoms with Crippen molar-refractivity contribution in [3.8, 4) is 0 Å². The highest BCUT2D eigenvalue weighted by atomic mass is 35.5. The smallest absolute Gasteiger partial charge is 0.231 e. The highest BCUT2D eigenvalue weighted by Gasteiger charge is 2.26. The summed E-state index contributed by atoms with van der Waals surface area (Å²) in [5, 5.41) is 0.286. The van der Waals surface area contributed by atoms with Gasteiger partial charge < -0.3 is 9.80 Å². The van der Waals surface area contributed by atoms with E-state index in [0.717, 1.165) is 44.5 Å². The first-order chi connectivity index (χ1) is 9.67. The largest absolute Gasteiger partial charge is 0.341 e. The molecule has 0 aromatic carbocycles. The predicted octanol–water partition coefficient (Wildman–Crippen LogP) is 3.00. The Morgan fingerprint density at radius 1 is 1.00 bits per heavy atom. The zero-order valence-electron chi connectivity index (χ0n) is 12.6. The van der Waals surface area contributed by atoms with Gasteiger partial charge in [-0.05, 0) is 50.6 Å². The summed E-state index contributed by atoms with van der Waals surface area (Å²) in [6.07, 6.45) is 3.72. The lowest BCUT2D eigenvalue weighted by molar-refractivity contribution is 0.682. The fourth-order valence-corrected chi connectivity index (χ4v) is 2.42. The number of anilines is 2. The summed E-state index contributed by atoms with van der Waals surface area (Å²) in [5.74, 6) is 2.21. The van der Waals surface area contributed by atoms with Gasteiger partial charge in [0.1, 0.15) is 0 Å². The van der Waals surface area contributed by atoms with Crippen molar-refractivity contribution in [2.24, 2.45) is 5.92 Å². The van der Waals surface area contributed by atoms with E-state index in [9.17, 15) is 0 Å². The van der Waals surface area contributed by atoms with E-state index in [-0.39, 0.29) is 5.28 Å². The van der Waals surface area contributed by atoms with E-state index in [0.29, 0.717) is 5.95 Å². The van der Waals surface area contributed by atoms with Crippen molar-refractivity contribution in [2.75, 3.05) is 36.0 Å². The van der Waals surface area contributed by atoms with E-state index in [4.69, 9.17) is 11.6 Å². The summed E-state index contributed by atoms with van der Waals surface area (Å²) >= 11 is 6.09. The van der Waals surface area contributed by atoms with Crippen LogP contribution in [0.3, 0.4) is 0 Å². The second-order valence-electron chi connectivity index (χ2n) is 5.27. The second kappa shape index (κ2) is 7.07. The van der Waals surface area contributed by atoms with E-state index in [2.05, 4.69) is 45.5 Å². The molecular weight excluding hydrogens is 274 g/mol. The monoisotopic (exact) mass is 297 g/mol. The Morgan fingerprint density at radius 2 is 1.60 bits per heavy atom. The molecule has 0 bridgehead atoms. The van der Waals surface area contributed by atoms with Gasteiger partial charge in [0.15, 0.2) is 0 Å². The number of hydrogen-bond donors (Lipinski definition) is 0. The van der Waals surface area contributed by atoms with E-state index >= 15 is 0 Å². The minimum Gasteiger partial charge on any atom is -0.341 e. The molecule has 1 aromatic rings. The molecule has 2 rings (SSSR count). The van der Waals surface area contributed by atoms with Crippen LogP contribution in [0.5, 0.6) is 0 Å². The van der Waals surface area contributed by atoms with Crippen molar-refractivity contribution in [1.82, 2.24) is 15.0 Å². The van der Waals surface area contributed by atoms with Crippen molar-refractivity contribution in [1.29, 1.82) is 0 Å². The summed E-state index contributed by atoms with van der Waals surface area (Å²) < 4.78 is 0. The molecule has 1 aromatic heterocycles. The molecule has 1 aliphatic rings. The van der Waals surface area contributed by atoms with Crippen LogP contribution in [0.4, 0.5) is 11.9 Å². The summed E-state index contributed by atoms with van der Waals surface area (Å²) in [6, 6.07) is 0. The maximum atomic E-state index is 6.09. The molecule has 0 saturated heterocycles. The SMILES string of the molecule is CCCN(CC1CC1)c1nc(Cl)nc(N(CC)CC)n1. The Labute approximate surface area is 126 Å². The van der Waals surface area contributed by atoms with Gasteiger partial charge >= 0.3 is 0 Å². The van der Waals surface area contributed by atoms with Gasteiger partial charge in [0, 0.05) is 26.2 Å². The third kappa shape index (κ3) is 3.95. The van der Waals surface area contributed by atoms with Crippen molar-refractivity contribution in [3.05, 3.63) is 5.28 Å². The molecule has 112 valence electrons. The highest BCUT2D eigenvalue weighted by Crippen LogP contribution is 2.31. The molecule has 0 atom stereocenters. The Hall–Kier alpha value is -1.10. The molecule has 1 fully saturated rings. The first-order valence-corrected chi connectivity index (χ1v) is 7.97. The lowest BCUT2D eigenvalue weighted by atomic mass is 10.3. The maximum absolute atomic E-state index is 6.09. The quantitative estimate of drug-likeness (QED) is 0.738. The van der Waals surface area contributed by atoms with Gasteiger partial charge in [-0.1, -0.05) is 6.92 Å². The molecule has 1 heterocycles. The highest BCUT2D eigenvalue weighted by molar-refractivity contribution is 6.28. The topological polar surface area (TPSA) is 45.2 Å². The van der Waals surface area contributed by atoms with Crippen LogP contribution in [0.15, 0.2) is 0 Å².